The van der Waals surface area contributed by atoms with Crippen LogP contribution in [0.25, 0.3) is 0 Å². The van der Waals surface area contributed by atoms with Gasteiger partial charge in [-0.15, -0.1) is 0 Å². The molecule has 4 nitrogen and oxygen atoms in total. The van der Waals surface area contributed by atoms with Crippen LogP contribution in [0.3, 0.4) is 0 Å². The third kappa shape index (κ3) is 4.96. The van der Waals surface area contributed by atoms with Crippen molar-refractivity contribution in [2.45, 2.75) is 26.3 Å². The molecule has 0 rings (SSSR count). The lowest BCUT2D eigenvalue weighted by Gasteiger charge is -2.31. The Kier molecular flexibility index (Phi) is 4.03. The Bertz CT molecular complexity index is 148. The van der Waals surface area contributed by atoms with E-state index in [0.717, 1.165) is 13.1 Å². The molecule has 0 aromatic rings. The van der Waals surface area contributed by atoms with Gasteiger partial charge in [0.2, 0.25) is 0 Å². The minimum absolute atomic E-state index is 0.0392. The lowest BCUT2D eigenvalue weighted by Crippen LogP contribution is -2.43. The summed E-state index contributed by atoms with van der Waals surface area (Å²) in [7, 11) is 2.06. The van der Waals surface area contributed by atoms with Gasteiger partial charge in [0.25, 0.3) is 0 Å². The van der Waals surface area contributed by atoms with E-state index in [0.29, 0.717) is 0 Å². The summed E-state index contributed by atoms with van der Waals surface area (Å²) in [6.07, 6.45) is 0. The van der Waals surface area contributed by atoms with Crippen LogP contribution in [-0.2, 0) is 0 Å². The van der Waals surface area contributed by atoms with Crippen LogP contribution in [-0.4, -0.2) is 36.5 Å². The Morgan fingerprint density at radius 1 is 1.50 bits per heavy atom. The van der Waals surface area contributed by atoms with Gasteiger partial charge in [-0.25, -0.2) is 0 Å². The molecule has 0 aliphatic carbocycles. The maximum absolute atomic E-state index is 6.94. The van der Waals surface area contributed by atoms with Gasteiger partial charge in [-0.1, -0.05) is 0 Å². The zero-order chi connectivity index (χ0) is 9.78. The molecular weight excluding hydrogens is 152 g/mol. The third-order valence-corrected chi connectivity index (χ3v) is 1.91. The quantitative estimate of drug-likeness (QED) is 0.421. The van der Waals surface area contributed by atoms with Gasteiger partial charge < -0.3 is 11.1 Å². The van der Waals surface area contributed by atoms with Gasteiger partial charge >= 0.3 is 0 Å². The topological polar surface area (TPSA) is 65.1 Å². The lowest BCUT2D eigenvalue weighted by molar-refractivity contribution is 0.179. The summed E-state index contributed by atoms with van der Waals surface area (Å²) in [5.74, 6) is 0.0392. The van der Waals surface area contributed by atoms with Crippen LogP contribution < -0.4 is 11.1 Å². The number of likely N-dealkylation sites (N-methyl/N-ethyl adjacent to an activating group) is 1. The molecule has 0 saturated heterocycles. The van der Waals surface area contributed by atoms with E-state index in [1.807, 2.05) is 0 Å². The molecule has 0 fully saturated rings. The van der Waals surface area contributed by atoms with Crippen LogP contribution >= 0.6 is 0 Å². The summed E-state index contributed by atoms with van der Waals surface area (Å²) in [4.78, 5) is 2.21. The largest absolute Gasteiger partial charge is 0.370 e. The summed E-state index contributed by atoms with van der Waals surface area (Å²) < 4.78 is 0. The Labute approximate surface area is 74.6 Å². The fourth-order valence-corrected chi connectivity index (χ4v) is 0.694. The van der Waals surface area contributed by atoms with Crippen molar-refractivity contribution < 1.29 is 0 Å². The van der Waals surface area contributed by atoms with Gasteiger partial charge in [-0.2, -0.15) is 0 Å². The average Bonchev–Trinajstić information content (AvgIpc) is 1.84. The van der Waals surface area contributed by atoms with Gasteiger partial charge in [0.1, 0.15) is 0 Å². The van der Waals surface area contributed by atoms with Crippen LogP contribution in [0, 0.1) is 5.41 Å². The summed E-state index contributed by atoms with van der Waals surface area (Å²) in [6.45, 7) is 8.08. The van der Waals surface area contributed by atoms with Crippen LogP contribution in [0.1, 0.15) is 20.8 Å². The number of rotatable bonds is 3. The molecule has 12 heavy (non-hydrogen) atoms. The van der Waals surface area contributed by atoms with E-state index in [-0.39, 0.29) is 11.5 Å². The Morgan fingerprint density at radius 3 is 2.33 bits per heavy atom. The van der Waals surface area contributed by atoms with Gasteiger partial charge in [0.15, 0.2) is 5.96 Å². The first-order valence-electron chi connectivity index (χ1n) is 4.13. The zero-order valence-corrected chi connectivity index (χ0v) is 8.44. The minimum Gasteiger partial charge on any atom is -0.370 e. The maximum Gasteiger partial charge on any atom is 0.185 e. The monoisotopic (exact) mass is 172 g/mol. The molecule has 0 atom stereocenters. The molecule has 0 saturated carbocycles. The number of nitrogens with zero attached hydrogens (tertiary/aromatic N) is 1. The van der Waals surface area contributed by atoms with E-state index in [1.165, 1.54) is 0 Å². The molecular formula is C8H20N4. The van der Waals surface area contributed by atoms with Crippen LogP contribution in [0.2, 0.25) is 0 Å². The van der Waals surface area contributed by atoms with Gasteiger partial charge in [-0.05, 0) is 27.8 Å². The first-order valence-corrected chi connectivity index (χ1v) is 4.13. The summed E-state index contributed by atoms with van der Waals surface area (Å²) in [5.41, 5.74) is 5.32. The minimum atomic E-state index is 0.0392. The van der Waals surface area contributed by atoms with Gasteiger partial charge in [-0.3, -0.25) is 10.3 Å². The number of nitrogens with two attached hydrogens (primary N) is 1. The van der Waals surface area contributed by atoms with E-state index >= 15 is 0 Å². The first kappa shape index (κ1) is 11.2. The van der Waals surface area contributed by atoms with Crippen LogP contribution in [0.15, 0.2) is 0 Å². The molecule has 0 aliphatic heterocycles. The Hall–Kier alpha value is -0.770. The molecule has 0 aromatic carbocycles. The highest BCUT2D eigenvalue weighted by Crippen LogP contribution is 2.08. The molecule has 72 valence electrons. The van der Waals surface area contributed by atoms with Crippen molar-refractivity contribution in [2.75, 3.05) is 20.1 Å². The van der Waals surface area contributed by atoms with E-state index < -0.39 is 0 Å². The molecule has 4 N–H and O–H groups in total. The standard InChI is InChI=1S/C8H20N4/c1-8(2,3)12(4)6-5-11-7(9)10/h5-6H2,1-4H3,(H4,9,10,11). The van der Waals surface area contributed by atoms with Gasteiger partial charge in [0, 0.05) is 18.6 Å². The highest BCUT2D eigenvalue weighted by molar-refractivity contribution is 5.74. The highest BCUT2D eigenvalue weighted by atomic mass is 15.2. The normalized spacial score (nSPS) is 11.8. The number of hydrogen-bond acceptors (Lipinski definition) is 2. The maximum atomic E-state index is 6.94. The summed E-state index contributed by atoms with van der Waals surface area (Å²) in [6, 6.07) is 0. The molecule has 4 heteroatoms. The molecule has 0 aromatic heterocycles. The van der Waals surface area contributed by atoms with Crippen LogP contribution in [0.5, 0.6) is 0 Å². The van der Waals surface area contributed by atoms with E-state index in [4.69, 9.17) is 11.1 Å². The third-order valence-electron chi connectivity index (χ3n) is 1.91. The molecule has 0 heterocycles. The van der Waals surface area contributed by atoms with Crippen LogP contribution in [0.4, 0.5) is 0 Å². The van der Waals surface area contributed by atoms with Crippen molar-refractivity contribution in [3.63, 3.8) is 0 Å². The zero-order valence-electron chi connectivity index (χ0n) is 8.44. The Balaban J connectivity index is 3.58. The van der Waals surface area contributed by atoms with E-state index in [9.17, 15) is 0 Å². The van der Waals surface area contributed by atoms with E-state index in [2.05, 4.69) is 38.0 Å². The predicted molar refractivity (Wildman–Crippen MR) is 52.3 cm³/mol. The molecule has 0 amide bonds. The molecule has 0 aliphatic rings. The lowest BCUT2D eigenvalue weighted by atomic mass is 10.1. The van der Waals surface area contributed by atoms with Crippen molar-refractivity contribution in [1.82, 2.24) is 10.2 Å². The van der Waals surface area contributed by atoms with E-state index in [1.54, 1.807) is 0 Å². The number of hydrogen-bond donors (Lipinski definition) is 3. The molecule has 0 bridgehead atoms. The average molecular weight is 172 g/mol. The van der Waals surface area contributed by atoms with Crippen molar-refractivity contribution >= 4 is 5.96 Å². The highest BCUT2D eigenvalue weighted by Gasteiger charge is 2.15. The molecule has 0 radical (unpaired) electrons. The molecule has 0 spiro atoms. The van der Waals surface area contributed by atoms with Crippen molar-refractivity contribution in [3.8, 4) is 0 Å². The number of guanidine groups is 1. The number of nitrogens with one attached hydrogen (secondary N) is 2. The summed E-state index contributed by atoms with van der Waals surface area (Å²) >= 11 is 0. The fraction of sp³-hybridized carbons (Fsp3) is 0.875. The predicted octanol–water partition coefficient (Wildman–Crippen LogP) is 0.200. The Morgan fingerprint density at radius 2 is 2.00 bits per heavy atom. The summed E-state index contributed by atoms with van der Waals surface area (Å²) in [5, 5.41) is 9.71. The van der Waals surface area contributed by atoms with Gasteiger partial charge in [0.05, 0.1) is 0 Å². The first-order chi connectivity index (χ1) is 5.34. The SMILES string of the molecule is CN(CCNC(=N)N)C(C)(C)C. The van der Waals surface area contributed by atoms with Crippen molar-refractivity contribution in [1.29, 1.82) is 5.41 Å². The fourth-order valence-electron chi connectivity index (χ4n) is 0.694. The van der Waals surface area contributed by atoms with Crippen molar-refractivity contribution in [3.05, 3.63) is 0 Å². The second-order valence-electron chi connectivity index (χ2n) is 3.93. The second kappa shape index (κ2) is 4.30. The molecule has 0 unspecified atom stereocenters. The van der Waals surface area contributed by atoms with Crippen molar-refractivity contribution in [2.24, 2.45) is 5.73 Å². The second-order valence-corrected chi connectivity index (χ2v) is 3.93. The smallest absolute Gasteiger partial charge is 0.185 e.